The highest BCUT2D eigenvalue weighted by Crippen LogP contribution is 2.20. The number of amides is 1. The standard InChI is InChI=1S/C19H24N4O/c1-16(17-6-5-9-20-14-17)23-12-10-22(11-13-23)15-19(24)21-18-7-3-2-4-8-18/h2-9,14,16H,10-13,15H2,1H3,(H,21,24)/t16-/m1/s1. The van der Waals surface area contributed by atoms with Crippen LogP contribution < -0.4 is 5.32 Å². The van der Waals surface area contributed by atoms with Gasteiger partial charge in [-0.15, -0.1) is 0 Å². The van der Waals surface area contributed by atoms with Crippen LogP contribution in [-0.4, -0.2) is 53.4 Å². The van der Waals surface area contributed by atoms with Gasteiger partial charge in [0.1, 0.15) is 0 Å². The van der Waals surface area contributed by atoms with Gasteiger partial charge in [0, 0.05) is 50.3 Å². The number of hydrogen-bond acceptors (Lipinski definition) is 4. The Bertz CT molecular complexity index is 639. The molecule has 0 bridgehead atoms. The lowest BCUT2D eigenvalue weighted by atomic mass is 10.1. The second-order valence-electron chi connectivity index (χ2n) is 6.19. The third-order valence-electron chi connectivity index (χ3n) is 4.55. The number of benzene rings is 1. The molecule has 1 aliphatic heterocycles. The normalized spacial score (nSPS) is 17.4. The SMILES string of the molecule is C[C@H](c1cccnc1)N1CCN(CC(=O)Nc2ccccc2)CC1. The van der Waals surface area contributed by atoms with Gasteiger partial charge >= 0.3 is 0 Å². The molecule has 2 aromatic rings. The smallest absolute Gasteiger partial charge is 0.238 e. The average Bonchev–Trinajstić information content (AvgIpc) is 2.63. The quantitative estimate of drug-likeness (QED) is 0.917. The molecule has 1 saturated heterocycles. The largest absolute Gasteiger partial charge is 0.325 e. The molecule has 1 aromatic carbocycles. The van der Waals surface area contributed by atoms with Crippen LogP contribution in [0.15, 0.2) is 54.9 Å². The Kier molecular flexibility index (Phi) is 5.56. The first kappa shape index (κ1) is 16.6. The second kappa shape index (κ2) is 8.04. The van der Waals surface area contributed by atoms with Gasteiger partial charge in [-0.2, -0.15) is 0 Å². The number of rotatable bonds is 5. The Morgan fingerprint density at radius 1 is 1.12 bits per heavy atom. The molecular formula is C19H24N4O. The number of carbonyl (C=O) groups excluding carboxylic acids is 1. The second-order valence-corrected chi connectivity index (χ2v) is 6.19. The maximum absolute atomic E-state index is 12.1. The number of carbonyl (C=O) groups is 1. The van der Waals surface area contributed by atoms with Crippen LogP contribution in [0.1, 0.15) is 18.5 Å². The summed E-state index contributed by atoms with van der Waals surface area (Å²) < 4.78 is 0. The van der Waals surface area contributed by atoms with Gasteiger partial charge in [-0.3, -0.25) is 19.6 Å². The molecule has 0 aliphatic carbocycles. The Balaban J connectivity index is 1.46. The van der Waals surface area contributed by atoms with E-state index in [-0.39, 0.29) is 5.91 Å². The summed E-state index contributed by atoms with van der Waals surface area (Å²) in [7, 11) is 0. The highest BCUT2D eigenvalue weighted by molar-refractivity contribution is 5.92. The summed E-state index contributed by atoms with van der Waals surface area (Å²) in [5.41, 5.74) is 2.10. The van der Waals surface area contributed by atoms with Gasteiger partial charge in [-0.1, -0.05) is 24.3 Å². The molecule has 0 unspecified atom stereocenters. The molecular weight excluding hydrogens is 300 g/mol. The van der Waals surface area contributed by atoms with Gasteiger partial charge in [0.25, 0.3) is 0 Å². The lowest BCUT2D eigenvalue weighted by Gasteiger charge is -2.37. The number of para-hydroxylation sites is 1. The molecule has 24 heavy (non-hydrogen) atoms. The Hall–Kier alpha value is -2.24. The van der Waals surface area contributed by atoms with Crippen molar-refractivity contribution in [3.8, 4) is 0 Å². The molecule has 2 heterocycles. The fourth-order valence-electron chi connectivity index (χ4n) is 3.07. The van der Waals surface area contributed by atoms with Crippen molar-refractivity contribution in [1.29, 1.82) is 0 Å². The topological polar surface area (TPSA) is 48.5 Å². The van der Waals surface area contributed by atoms with Crippen LogP contribution in [0.25, 0.3) is 0 Å². The molecule has 1 atom stereocenters. The monoisotopic (exact) mass is 324 g/mol. The minimum Gasteiger partial charge on any atom is -0.325 e. The van der Waals surface area contributed by atoms with E-state index in [1.807, 2.05) is 42.6 Å². The number of anilines is 1. The van der Waals surface area contributed by atoms with Crippen molar-refractivity contribution < 1.29 is 4.79 Å². The molecule has 1 fully saturated rings. The third-order valence-corrected chi connectivity index (χ3v) is 4.55. The van der Waals surface area contributed by atoms with Crippen LogP contribution in [0.3, 0.4) is 0 Å². The molecule has 0 saturated carbocycles. The van der Waals surface area contributed by atoms with Crippen LogP contribution in [0.4, 0.5) is 5.69 Å². The Labute approximate surface area is 143 Å². The zero-order valence-electron chi connectivity index (χ0n) is 14.1. The first-order valence-corrected chi connectivity index (χ1v) is 8.43. The predicted octanol–water partition coefficient (Wildman–Crippen LogP) is 2.40. The minimum absolute atomic E-state index is 0.0509. The van der Waals surface area contributed by atoms with Crippen LogP contribution in [0.2, 0.25) is 0 Å². The third kappa shape index (κ3) is 4.40. The van der Waals surface area contributed by atoms with Crippen molar-refractivity contribution in [1.82, 2.24) is 14.8 Å². The highest BCUT2D eigenvalue weighted by Gasteiger charge is 2.23. The Morgan fingerprint density at radius 3 is 2.54 bits per heavy atom. The summed E-state index contributed by atoms with van der Waals surface area (Å²) in [5.74, 6) is 0.0509. The molecule has 126 valence electrons. The van der Waals surface area contributed by atoms with E-state index in [1.165, 1.54) is 5.56 Å². The maximum Gasteiger partial charge on any atom is 0.238 e. The molecule has 1 N–H and O–H groups in total. The highest BCUT2D eigenvalue weighted by atomic mass is 16.2. The van der Waals surface area contributed by atoms with E-state index in [0.717, 1.165) is 31.9 Å². The van der Waals surface area contributed by atoms with Gasteiger partial charge in [0.2, 0.25) is 5.91 Å². The van der Waals surface area contributed by atoms with Crippen LogP contribution in [0, 0.1) is 0 Å². The summed E-state index contributed by atoms with van der Waals surface area (Å²) in [6, 6.07) is 14.1. The minimum atomic E-state index is 0.0509. The molecule has 3 rings (SSSR count). The summed E-state index contributed by atoms with van der Waals surface area (Å²) >= 11 is 0. The van der Waals surface area contributed by atoms with E-state index in [9.17, 15) is 4.79 Å². The summed E-state index contributed by atoms with van der Waals surface area (Å²) in [6.45, 7) is 6.42. The lowest BCUT2D eigenvalue weighted by molar-refractivity contribution is -0.117. The van der Waals surface area contributed by atoms with Crippen LogP contribution in [0.5, 0.6) is 0 Å². The van der Waals surface area contributed by atoms with Crippen molar-refractivity contribution in [2.45, 2.75) is 13.0 Å². The van der Waals surface area contributed by atoms with Crippen molar-refractivity contribution >= 4 is 11.6 Å². The number of nitrogens with zero attached hydrogens (tertiary/aromatic N) is 3. The lowest BCUT2D eigenvalue weighted by Crippen LogP contribution is -2.49. The van der Waals surface area contributed by atoms with Crippen molar-refractivity contribution in [3.05, 3.63) is 60.4 Å². The molecule has 5 nitrogen and oxygen atoms in total. The van der Waals surface area contributed by atoms with Crippen molar-refractivity contribution in [2.24, 2.45) is 0 Å². The number of hydrogen-bond donors (Lipinski definition) is 1. The zero-order chi connectivity index (χ0) is 16.8. The first-order chi connectivity index (χ1) is 11.7. The fraction of sp³-hybridized carbons (Fsp3) is 0.368. The Morgan fingerprint density at radius 2 is 1.88 bits per heavy atom. The number of pyridine rings is 1. The number of nitrogens with one attached hydrogen (secondary N) is 1. The van der Waals surface area contributed by atoms with E-state index < -0.39 is 0 Å². The van der Waals surface area contributed by atoms with Gasteiger partial charge in [-0.05, 0) is 30.7 Å². The molecule has 1 aliphatic rings. The fourth-order valence-corrected chi connectivity index (χ4v) is 3.07. The first-order valence-electron chi connectivity index (χ1n) is 8.43. The van der Waals surface area contributed by atoms with E-state index in [0.29, 0.717) is 12.6 Å². The molecule has 0 spiro atoms. The summed E-state index contributed by atoms with van der Waals surface area (Å²) in [4.78, 5) is 21.0. The zero-order valence-corrected chi connectivity index (χ0v) is 14.1. The molecule has 1 aromatic heterocycles. The van der Waals surface area contributed by atoms with Crippen LogP contribution >= 0.6 is 0 Å². The summed E-state index contributed by atoms with van der Waals surface area (Å²) in [5, 5.41) is 2.95. The number of piperazine rings is 1. The van der Waals surface area contributed by atoms with Crippen molar-refractivity contribution in [3.63, 3.8) is 0 Å². The molecule has 1 amide bonds. The average molecular weight is 324 g/mol. The molecule has 0 radical (unpaired) electrons. The van der Waals surface area contributed by atoms with Gasteiger partial charge < -0.3 is 5.32 Å². The molecule has 5 heteroatoms. The van der Waals surface area contributed by atoms with Gasteiger partial charge in [-0.25, -0.2) is 0 Å². The number of aromatic nitrogens is 1. The predicted molar refractivity (Wildman–Crippen MR) is 95.7 cm³/mol. The van der Waals surface area contributed by atoms with E-state index >= 15 is 0 Å². The van der Waals surface area contributed by atoms with Crippen molar-refractivity contribution in [2.75, 3.05) is 38.0 Å². The van der Waals surface area contributed by atoms with E-state index in [4.69, 9.17) is 0 Å². The van der Waals surface area contributed by atoms with Crippen LogP contribution in [-0.2, 0) is 4.79 Å². The van der Waals surface area contributed by atoms with E-state index in [2.05, 4.69) is 33.1 Å². The van der Waals surface area contributed by atoms with Gasteiger partial charge in [0.05, 0.1) is 6.54 Å². The van der Waals surface area contributed by atoms with Gasteiger partial charge in [0.15, 0.2) is 0 Å². The van der Waals surface area contributed by atoms with E-state index in [1.54, 1.807) is 6.20 Å². The summed E-state index contributed by atoms with van der Waals surface area (Å²) in [6.07, 6.45) is 3.74. The maximum atomic E-state index is 12.1.